The van der Waals surface area contributed by atoms with Crippen LogP contribution in [0.2, 0.25) is 0 Å². The highest BCUT2D eigenvalue weighted by Crippen LogP contribution is 2.40. The van der Waals surface area contributed by atoms with Crippen molar-refractivity contribution in [2.75, 3.05) is 18.4 Å². The number of aromatic nitrogens is 4. The summed E-state index contributed by atoms with van der Waals surface area (Å²) in [5, 5.41) is 7.76. The second kappa shape index (κ2) is 10.4. The first-order valence-electron chi connectivity index (χ1n) is 13.4. The van der Waals surface area contributed by atoms with Crippen molar-refractivity contribution in [3.8, 4) is 22.4 Å². The molecule has 0 aliphatic carbocycles. The topological polar surface area (TPSA) is 109 Å². The maximum atomic E-state index is 14.1. The highest BCUT2D eigenvalue weighted by Gasteiger charge is 2.37. The molecule has 1 amide bonds. The van der Waals surface area contributed by atoms with E-state index in [2.05, 4.69) is 25.4 Å². The maximum Gasteiger partial charge on any atom is 0.419 e. The van der Waals surface area contributed by atoms with Crippen molar-refractivity contribution in [3.05, 3.63) is 47.6 Å². The number of nitrogens with one attached hydrogen (secondary N) is 2. The number of anilines is 1. The summed E-state index contributed by atoms with van der Waals surface area (Å²) in [6.45, 7) is 11.9. The second-order valence-electron chi connectivity index (χ2n) is 11.6. The summed E-state index contributed by atoms with van der Waals surface area (Å²) in [4.78, 5) is 25.7. The van der Waals surface area contributed by atoms with Crippen molar-refractivity contribution in [2.24, 2.45) is 5.92 Å². The van der Waals surface area contributed by atoms with Crippen LogP contribution in [0.1, 0.15) is 51.1 Å². The Morgan fingerprint density at radius 2 is 1.98 bits per heavy atom. The molecule has 2 N–H and O–H groups in total. The number of halogens is 3. The summed E-state index contributed by atoms with van der Waals surface area (Å²) in [5.41, 5.74) is 1.54. The van der Waals surface area contributed by atoms with E-state index in [1.807, 2.05) is 32.9 Å². The van der Waals surface area contributed by atoms with Gasteiger partial charge in [0.25, 0.3) is 0 Å². The van der Waals surface area contributed by atoms with Crippen LogP contribution in [0, 0.1) is 19.8 Å². The summed E-state index contributed by atoms with van der Waals surface area (Å²) in [7, 11) is 0. The van der Waals surface area contributed by atoms with Crippen molar-refractivity contribution in [3.63, 3.8) is 0 Å². The number of H-pyrrole nitrogens is 1. The average molecular weight is 571 g/mol. The predicted octanol–water partition coefficient (Wildman–Crippen LogP) is 6.97. The summed E-state index contributed by atoms with van der Waals surface area (Å²) < 4.78 is 53.1. The first-order valence-corrected chi connectivity index (χ1v) is 13.4. The van der Waals surface area contributed by atoms with E-state index in [9.17, 15) is 18.0 Å². The van der Waals surface area contributed by atoms with Crippen LogP contribution in [0.25, 0.3) is 33.3 Å². The van der Waals surface area contributed by atoms with Crippen LogP contribution in [0.15, 0.2) is 35.1 Å². The average Bonchev–Trinajstić information content (AvgIpc) is 3.45. The molecule has 2 atom stereocenters. The molecule has 1 aliphatic rings. The molecule has 4 aromatic rings. The molecule has 2 unspecified atom stereocenters. The van der Waals surface area contributed by atoms with Crippen LogP contribution in [-0.2, 0) is 10.9 Å². The van der Waals surface area contributed by atoms with Crippen LogP contribution in [-0.4, -0.2) is 55.8 Å². The molecule has 0 bridgehead atoms. The maximum absolute atomic E-state index is 14.1. The van der Waals surface area contributed by atoms with E-state index >= 15 is 0 Å². The number of benzene rings is 1. The van der Waals surface area contributed by atoms with Gasteiger partial charge in [0.1, 0.15) is 16.9 Å². The normalized spacial score (nSPS) is 18.1. The number of aromatic amines is 1. The van der Waals surface area contributed by atoms with Gasteiger partial charge in [-0.15, -0.1) is 0 Å². The second-order valence-corrected chi connectivity index (χ2v) is 11.6. The highest BCUT2D eigenvalue weighted by molar-refractivity contribution is 5.97. The minimum atomic E-state index is -4.67. The van der Waals surface area contributed by atoms with Gasteiger partial charge in [-0.3, -0.25) is 0 Å². The Kier molecular flexibility index (Phi) is 7.20. The van der Waals surface area contributed by atoms with E-state index in [4.69, 9.17) is 9.26 Å². The van der Waals surface area contributed by atoms with Gasteiger partial charge >= 0.3 is 12.3 Å². The molecule has 218 valence electrons. The number of amides is 1. The van der Waals surface area contributed by atoms with Gasteiger partial charge in [0, 0.05) is 53.6 Å². The third kappa shape index (κ3) is 5.86. The number of carbonyl (C=O) groups is 1. The van der Waals surface area contributed by atoms with Gasteiger partial charge in [0.05, 0.1) is 11.4 Å². The van der Waals surface area contributed by atoms with E-state index in [-0.39, 0.29) is 23.6 Å². The molecule has 0 spiro atoms. The molecule has 1 fully saturated rings. The molecular weight excluding hydrogens is 537 g/mol. The zero-order valence-corrected chi connectivity index (χ0v) is 23.8. The number of ether oxygens (including phenoxy) is 1. The lowest BCUT2D eigenvalue weighted by molar-refractivity contribution is -0.137. The summed E-state index contributed by atoms with van der Waals surface area (Å²) in [6, 6.07) is 5.17. The third-order valence-corrected chi connectivity index (χ3v) is 7.28. The molecule has 41 heavy (non-hydrogen) atoms. The Morgan fingerprint density at radius 1 is 1.22 bits per heavy atom. The Bertz CT molecular complexity index is 1570. The monoisotopic (exact) mass is 570 g/mol. The number of hydrogen-bond donors (Lipinski definition) is 2. The number of piperidine rings is 1. The Morgan fingerprint density at radius 3 is 2.63 bits per heavy atom. The Balaban J connectivity index is 1.48. The number of hydrogen-bond acceptors (Lipinski definition) is 7. The predicted molar refractivity (Wildman–Crippen MR) is 148 cm³/mol. The minimum absolute atomic E-state index is 0.0533. The number of nitrogens with zero attached hydrogens (tertiary/aromatic N) is 4. The first-order chi connectivity index (χ1) is 19.2. The standard InChI is InChI=1S/C29H33F3N6O3/c1-15-9-10-38(27(39)40-28(4,5)6)14-23(15)35-26-34-13-21(29(30,31)32)25(36-26)20-12-33-22-11-18(7-8-19(20)22)24-16(2)37-41-17(24)3/h7-8,11-13,15,23,33H,9-10,14H2,1-6H3,(H,34,35,36). The van der Waals surface area contributed by atoms with Crippen molar-refractivity contribution in [1.82, 2.24) is 25.0 Å². The van der Waals surface area contributed by atoms with Gasteiger partial charge in [-0.25, -0.2) is 14.8 Å². The van der Waals surface area contributed by atoms with Crippen molar-refractivity contribution in [1.29, 1.82) is 0 Å². The fraction of sp³-hybridized carbons (Fsp3) is 0.448. The summed E-state index contributed by atoms with van der Waals surface area (Å²) in [6.07, 6.45) is -2.07. The van der Waals surface area contributed by atoms with Crippen LogP contribution >= 0.6 is 0 Å². The van der Waals surface area contributed by atoms with Gasteiger partial charge in [-0.05, 0) is 58.6 Å². The number of likely N-dealkylation sites (tertiary alicyclic amines) is 1. The molecule has 9 nitrogen and oxygen atoms in total. The SMILES string of the molecule is Cc1noc(C)c1-c1ccc2c(-c3nc(NC4CN(C(=O)OC(C)(C)C)CCC4C)ncc3C(F)(F)F)c[nH]c2c1. The number of aryl methyl sites for hydroxylation is 2. The molecule has 4 heterocycles. The zero-order valence-electron chi connectivity index (χ0n) is 23.8. The van der Waals surface area contributed by atoms with Crippen LogP contribution in [0.5, 0.6) is 0 Å². The molecule has 1 saturated heterocycles. The van der Waals surface area contributed by atoms with E-state index in [0.717, 1.165) is 23.0 Å². The molecule has 3 aromatic heterocycles. The lowest BCUT2D eigenvalue weighted by Gasteiger charge is -2.38. The van der Waals surface area contributed by atoms with Crippen LogP contribution in [0.4, 0.5) is 23.9 Å². The highest BCUT2D eigenvalue weighted by atomic mass is 19.4. The molecule has 1 aliphatic heterocycles. The third-order valence-electron chi connectivity index (χ3n) is 7.28. The van der Waals surface area contributed by atoms with E-state index < -0.39 is 23.4 Å². The lowest BCUT2D eigenvalue weighted by Crippen LogP contribution is -2.50. The van der Waals surface area contributed by atoms with E-state index in [1.54, 1.807) is 31.7 Å². The largest absolute Gasteiger partial charge is 0.444 e. The fourth-order valence-electron chi connectivity index (χ4n) is 5.15. The molecule has 0 saturated carbocycles. The van der Waals surface area contributed by atoms with Gasteiger partial charge in [-0.1, -0.05) is 24.2 Å². The molecular formula is C29H33F3N6O3. The fourth-order valence-corrected chi connectivity index (χ4v) is 5.15. The number of alkyl halides is 3. The number of rotatable bonds is 4. The first kappa shape index (κ1) is 28.4. The lowest BCUT2D eigenvalue weighted by atomic mass is 9.94. The zero-order chi connectivity index (χ0) is 29.7. The van der Waals surface area contributed by atoms with Crippen molar-refractivity contribution < 1.29 is 27.2 Å². The Labute approximate surface area is 235 Å². The summed E-state index contributed by atoms with van der Waals surface area (Å²) >= 11 is 0. The van der Waals surface area contributed by atoms with Gasteiger partial charge in [0.15, 0.2) is 0 Å². The Hall–Kier alpha value is -4.09. The number of fused-ring (bicyclic) bond motifs is 1. The molecule has 5 rings (SSSR count). The van der Waals surface area contributed by atoms with E-state index in [0.29, 0.717) is 41.7 Å². The van der Waals surface area contributed by atoms with Gasteiger partial charge in [-0.2, -0.15) is 13.2 Å². The van der Waals surface area contributed by atoms with Gasteiger partial charge in [0.2, 0.25) is 5.95 Å². The molecule has 0 radical (unpaired) electrons. The molecule has 1 aromatic carbocycles. The van der Waals surface area contributed by atoms with Gasteiger partial charge < -0.3 is 24.5 Å². The van der Waals surface area contributed by atoms with Crippen LogP contribution < -0.4 is 5.32 Å². The quantitative estimate of drug-likeness (QED) is 0.273. The van der Waals surface area contributed by atoms with Crippen molar-refractivity contribution >= 4 is 22.9 Å². The minimum Gasteiger partial charge on any atom is -0.444 e. The smallest absolute Gasteiger partial charge is 0.419 e. The molecule has 12 heteroatoms. The van der Waals surface area contributed by atoms with E-state index in [1.165, 1.54) is 6.20 Å². The number of carbonyl (C=O) groups excluding carboxylic acids is 1. The van der Waals surface area contributed by atoms with Crippen molar-refractivity contribution in [2.45, 2.75) is 65.8 Å². The van der Waals surface area contributed by atoms with Crippen LogP contribution in [0.3, 0.4) is 0 Å². The summed E-state index contributed by atoms with van der Waals surface area (Å²) in [5.74, 6) is 0.832.